The van der Waals surface area contributed by atoms with Gasteiger partial charge in [0.15, 0.2) is 6.10 Å². The van der Waals surface area contributed by atoms with E-state index in [0.717, 1.165) is 122 Å². The summed E-state index contributed by atoms with van der Waals surface area (Å²) in [4.78, 5) is 38.1. The molecule has 0 N–H and O–H groups in total. The lowest BCUT2D eigenvalue weighted by Gasteiger charge is -2.18. The molecule has 0 saturated heterocycles. The molecule has 0 rings (SSSR count). The van der Waals surface area contributed by atoms with Gasteiger partial charge in [-0.3, -0.25) is 14.4 Å². The van der Waals surface area contributed by atoms with Gasteiger partial charge < -0.3 is 14.2 Å². The first-order valence-corrected chi connectivity index (χ1v) is 33.5. The number of hydrogen-bond donors (Lipinski definition) is 0. The molecular formula is C74H124O6. The van der Waals surface area contributed by atoms with E-state index < -0.39 is 6.10 Å². The van der Waals surface area contributed by atoms with Crippen molar-refractivity contribution in [3.05, 3.63) is 122 Å². The van der Waals surface area contributed by atoms with Gasteiger partial charge in [0.25, 0.3) is 0 Å². The Balaban J connectivity index is 4.07. The molecule has 0 bridgehead atoms. The van der Waals surface area contributed by atoms with Gasteiger partial charge in [-0.05, 0) is 109 Å². The summed E-state index contributed by atoms with van der Waals surface area (Å²) in [6.07, 6.45) is 93.9. The monoisotopic (exact) mass is 1110 g/mol. The van der Waals surface area contributed by atoms with E-state index in [0.29, 0.717) is 19.3 Å². The van der Waals surface area contributed by atoms with E-state index in [2.05, 4.69) is 142 Å². The lowest BCUT2D eigenvalue weighted by atomic mass is 10.0. The molecule has 0 fully saturated rings. The van der Waals surface area contributed by atoms with E-state index in [4.69, 9.17) is 14.2 Å². The predicted molar refractivity (Wildman–Crippen MR) is 348 cm³/mol. The van der Waals surface area contributed by atoms with E-state index in [1.54, 1.807) is 0 Å². The highest BCUT2D eigenvalue weighted by molar-refractivity contribution is 5.71. The molecule has 0 aromatic rings. The molecule has 0 aromatic carbocycles. The normalized spacial score (nSPS) is 12.9. The fourth-order valence-corrected chi connectivity index (χ4v) is 9.26. The van der Waals surface area contributed by atoms with Crippen molar-refractivity contribution >= 4 is 17.9 Å². The van der Waals surface area contributed by atoms with Crippen LogP contribution < -0.4 is 0 Å². The van der Waals surface area contributed by atoms with Crippen molar-refractivity contribution in [3.63, 3.8) is 0 Å². The van der Waals surface area contributed by atoms with Crippen LogP contribution in [0.3, 0.4) is 0 Å². The predicted octanol–water partition coefficient (Wildman–Crippen LogP) is 23.2. The van der Waals surface area contributed by atoms with Crippen LogP contribution in [0.5, 0.6) is 0 Å². The number of carbonyl (C=O) groups excluding carboxylic acids is 3. The van der Waals surface area contributed by atoms with E-state index in [9.17, 15) is 14.4 Å². The summed E-state index contributed by atoms with van der Waals surface area (Å²) in [6, 6.07) is 0. The van der Waals surface area contributed by atoms with Gasteiger partial charge >= 0.3 is 17.9 Å². The molecule has 0 aromatic heterocycles. The molecule has 0 aliphatic carbocycles. The molecule has 0 spiro atoms. The zero-order chi connectivity index (χ0) is 57.8. The summed E-state index contributed by atoms with van der Waals surface area (Å²) in [5, 5.41) is 0. The quantitative estimate of drug-likeness (QED) is 0.0261. The zero-order valence-corrected chi connectivity index (χ0v) is 52.3. The number of esters is 3. The topological polar surface area (TPSA) is 78.9 Å². The van der Waals surface area contributed by atoms with Crippen molar-refractivity contribution in [3.8, 4) is 0 Å². The standard InChI is InChI=1S/C74H124O6/c1-4-7-10-13-16-18-20-22-24-26-28-30-32-34-35-36-37-38-39-41-42-44-46-48-50-52-54-56-58-61-64-67-73(76)79-70-71(69-78-72(75)66-63-60-15-12-9-6-3)80-74(77)68-65-62-59-57-55-53-51-49-47-45-43-40-33-31-29-27-25-23-21-19-17-14-11-8-5-2/h7-8,10-11,16-19,22-25,28-31,34-35,37-38,71H,4-6,9,12-15,20-21,26-27,32-33,36,39-70H2,1-3H3/b10-7-,11-8-,18-16-,19-17-,24-22-,25-23-,30-28-,31-29-,35-34-,38-37-. The van der Waals surface area contributed by atoms with Crippen molar-refractivity contribution in [2.24, 2.45) is 0 Å². The Hall–Kier alpha value is -4.19. The lowest BCUT2D eigenvalue weighted by Crippen LogP contribution is -2.30. The zero-order valence-electron chi connectivity index (χ0n) is 52.3. The first kappa shape index (κ1) is 75.8. The van der Waals surface area contributed by atoms with Gasteiger partial charge in [-0.2, -0.15) is 0 Å². The van der Waals surface area contributed by atoms with Gasteiger partial charge in [0, 0.05) is 19.3 Å². The maximum atomic E-state index is 12.9. The maximum absolute atomic E-state index is 12.9. The number of carbonyl (C=O) groups is 3. The molecule has 0 aliphatic rings. The minimum Gasteiger partial charge on any atom is -0.462 e. The van der Waals surface area contributed by atoms with Crippen LogP contribution in [0.15, 0.2) is 122 Å². The van der Waals surface area contributed by atoms with Crippen LogP contribution >= 0.6 is 0 Å². The largest absolute Gasteiger partial charge is 0.462 e. The summed E-state index contributed by atoms with van der Waals surface area (Å²) < 4.78 is 16.8. The highest BCUT2D eigenvalue weighted by Crippen LogP contribution is 2.17. The molecule has 0 radical (unpaired) electrons. The van der Waals surface area contributed by atoms with Crippen LogP contribution in [-0.4, -0.2) is 37.2 Å². The summed E-state index contributed by atoms with van der Waals surface area (Å²) >= 11 is 0. The highest BCUT2D eigenvalue weighted by atomic mass is 16.6. The average Bonchev–Trinajstić information content (AvgIpc) is 3.46. The van der Waals surface area contributed by atoms with Gasteiger partial charge in [-0.1, -0.05) is 303 Å². The molecule has 1 unspecified atom stereocenters. The highest BCUT2D eigenvalue weighted by Gasteiger charge is 2.19. The van der Waals surface area contributed by atoms with E-state index in [1.165, 1.54) is 148 Å². The van der Waals surface area contributed by atoms with E-state index in [-0.39, 0.29) is 31.1 Å². The van der Waals surface area contributed by atoms with Gasteiger partial charge in [-0.25, -0.2) is 0 Å². The first-order valence-electron chi connectivity index (χ1n) is 33.5. The summed E-state index contributed by atoms with van der Waals surface area (Å²) in [5.41, 5.74) is 0. The summed E-state index contributed by atoms with van der Waals surface area (Å²) in [6.45, 7) is 6.37. The van der Waals surface area contributed by atoms with Crippen molar-refractivity contribution in [1.82, 2.24) is 0 Å². The number of hydrogen-bond acceptors (Lipinski definition) is 6. The minimum absolute atomic E-state index is 0.0786. The molecule has 0 amide bonds. The Labute approximate surface area is 494 Å². The second-order valence-electron chi connectivity index (χ2n) is 22.0. The Morgan fingerprint density at radius 3 is 0.762 bits per heavy atom. The molecule has 6 nitrogen and oxygen atoms in total. The van der Waals surface area contributed by atoms with Crippen molar-refractivity contribution in [1.29, 1.82) is 0 Å². The maximum Gasteiger partial charge on any atom is 0.306 e. The fourth-order valence-electron chi connectivity index (χ4n) is 9.26. The van der Waals surface area contributed by atoms with Crippen LogP contribution in [0.4, 0.5) is 0 Å². The molecule has 80 heavy (non-hydrogen) atoms. The number of allylic oxidation sites excluding steroid dienone is 20. The van der Waals surface area contributed by atoms with Crippen LogP contribution in [0.25, 0.3) is 0 Å². The Morgan fingerprint density at radius 1 is 0.263 bits per heavy atom. The second kappa shape index (κ2) is 67.3. The van der Waals surface area contributed by atoms with Gasteiger partial charge in [0.2, 0.25) is 0 Å². The molecule has 0 heterocycles. The molecule has 0 aliphatic heterocycles. The number of rotatable bonds is 60. The SMILES string of the molecule is CC/C=C\C/C=C\C/C=C\C/C=C\C/C=C\C/C=C\CCCCCCCCCCCCCCC(=O)OCC(COC(=O)CCCCCCCC)OC(=O)CCCCCCCCCCCCCC/C=C\C/C=C\C/C=C\C/C=C\CC. The third-order valence-electron chi connectivity index (χ3n) is 14.2. The Morgan fingerprint density at radius 2 is 0.487 bits per heavy atom. The third kappa shape index (κ3) is 64.6. The average molecular weight is 1110 g/mol. The molecule has 456 valence electrons. The van der Waals surface area contributed by atoms with Crippen LogP contribution in [0.1, 0.15) is 310 Å². The van der Waals surface area contributed by atoms with E-state index >= 15 is 0 Å². The van der Waals surface area contributed by atoms with Gasteiger partial charge in [-0.15, -0.1) is 0 Å². The van der Waals surface area contributed by atoms with Gasteiger partial charge in [0.05, 0.1) is 0 Å². The van der Waals surface area contributed by atoms with Crippen LogP contribution in [-0.2, 0) is 28.6 Å². The van der Waals surface area contributed by atoms with Crippen LogP contribution in [0, 0.1) is 0 Å². The molecular weight excluding hydrogens is 985 g/mol. The third-order valence-corrected chi connectivity index (χ3v) is 14.2. The van der Waals surface area contributed by atoms with Crippen molar-refractivity contribution < 1.29 is 28.6 Å². The van der Waals surface area contributed by atoms with Crippen molar-refractivity contribution in [2.45, 2.75) is 316 Å². The van der Waals surface area contributed by atoms with Gasteiger partial charge in [0.1, 0.15) is 13.2 Å². The number of ether oxygens (including phenoxy) is 3. The smallest absolute Gasteiger partial charge is 0.306 e. The van der Waals surface area contributed by atoms with E-state index in [1.807, 2.05) is 0 Å². The Bertz CT molecular complexity index is 1650. The number of unbranched alkanes of at least 4 members (excludes halogenated alkanes) is 29. The fraction of sp³-hybridized carbons (Fsp3) is 0.689. The lowest BCUT2D eigenvalue weighted by molar-refractivity contribution is -0.167. The molecule has 0 saturated carbocycles. The summed E-state index contributed by atoms with van der Waals surface area (Å²) in [7, 11) is 0. The summed E-state index contributed by atoms with van der Waals surface area (Å²) in [5.74, 6) is -0.885. The molecule has 6 heteroatoms. The van der Waals surface area contributed by atoms with Crippen molar-refractivity contribution in [2.75, 3.05) is 13.2 Å². The molecule has 1 atom stereocenters. The minimum atomic E-state index is -0.779. The Kier molecular flexibility index (Phi) is 63.8. The second-order valence-corrected chi connectivity index (χ2v) is 22.0. The van der Waals surface area contributed by atoms with Crippen LogP contribution in [0.2, 0.25) is 0 Å². The first-order chi connectivity index (χ1) is 39.5.